The maximum Gasteiger partial charge on any atom is 0.340 e. The van der Waals surface area contributed by atoms with Gasteiger partial charge in [-0.05, 0) is 37.3 Å². The summed E-state index contributed by atoms with van der Waals surface area (Å²) in [6.45, 7) is 1.96. The van der Waals surface area contributed by atoms with Crippen LogP contribution in [0.5, 0.6) is 0 Å². The van der Waals surface area contributed by atoms with Gasteiger partial charge in [0, 0.05) is 15.7 Å². The maximum absolute atomic E-state index is 12.1. The van der Waals surface area contributed by atoms with E-state index in [9.17, 15) is 9.59 Å². The van der Waals surface area contributed by atoms with Gasteiger partial charge in [0.2, 0.25) is 0 Å². The molecular formula is C16H14Cl2N2O3. The fourth-order valence-corrected chi connectivity index (χ4v) is 2.42. The third kappa shape index (κ3) is 4.87. The molecule has 0 radical (unpaired) electrons. The predicted octanol–water partition coefficient (Wildman–Crippen LogP) is 4.81. The number of esters is 1. The van der Waals surface area contributed by atoms with E-state index >= 15 is 0 Å². The van der Waals surface area contributed by atoms with Crippen LogP contribution in [-0.2, 0) is 4.74 Å². The first-order valence-electron chi connectivity index (χ1n) is 6.80. The molecule has 0 bridgehead atoms. The molecule has 0 aliphatic heterocycles. The number of hydrogen-bond acceptors (Lipinski definition) is 3. The van der Waals surface area contributed by atoms with E-state index in [0.29, 0.717) is 21.4 Å². The number of carbonyl (C=O) groups excluding carboxylic acids is 2. The number of urea groups is 1. The minimum atomic E-state index is -0.528. The van der Waals surface area contributed by atoms with Gasteiger partial charge in [-0.3, -0.25) is 0 Å². The Morgan fingerprint density at radius 2 is 1.70 bits per heavy atom. The number of para-hydroxylation sites is 1. The van der Waals surface area contributed by atoms with Crippen molar-refractivity contribution in [2.75, 3.05) is 17.2 Å². The smallest absolute Gasteiger partial charge is 0.340 e. The number of carbonyl (C=O) groups is 2. The summed E-state index contributed by atoms with van der Waals surface area (Å²) in [7, 11) is 0. The maximum atomic E-state index is 12.1. The van der Waals surface area contributed by atoms with Crippen LogP contribution >= 0.6 is 23.2 Å². The standard InChI is InChI=1S/C16H14Cl2N2O3/c1-2-23-15(21)13-5-3-4-6-14(13)20-16(22)19-12-8-10(17)7-11(18)9-12/h3-9H,2H2,1H3,(H2,19,20,22). The Hall–Kier alpha value is -2.24. The fourth-order valence-electron chi connectivity index (χ4n) is 1.89. The van der Waals surface area contributed by atoms with Crippen LogP contribution in [0.4, 0.5) is 16.2 Å². The van der Waals surface area contributed by atoms with Gasteiger partial charge in [0.25, 0.3) is 0 Å². The molecule has 0 atom stereocenters. The van der Waals surface area contributed by atoms with Gasteiger partial charge in [-0.15, -0.1) is 0 Å². The highest BCUT2D eigenvalue weighted by Crippen LogP contribution is 2.23. The molecule has 7 heteroatoms. The Labute approximate surface area is 143 Å². The van der Waals surface area contributed by atoms with E-state index in [1.807, 2.05) is 0 Å². The van der Waals surface area contributed by atoms with Crippen LogP contribution in [0.3, 0.4) is 0 Å². The van der Waals surface area contributed by atoms with E-state index in [0.717, 1.165) is 0 Å². The van der Waals surface area contributed by atoms with Gasteiger partial charge >= 0.3 is 12.0 Å². The third-order valence-corrected chi connectivity index (χ3v) is 3.23. The topological polar surface area (TPSA) is 67.4 Å². The average molecular weight is 353 g/mol. The van der Waals surface area contributed by atoms with Crippen molar-refractivity contribution in [1.29, 1.82) is 0 Å². The van der Waals surface area contributed by atoms with Gasteiger partial charge in [-0.1, -0.05) is 35.3 Å². The zero-order valence-electron chi connectivity index (χ0n) is 12.2. The first kappa shape index (κ1) is 17.1. The number of nitrogens with one attached hydrogen (secondary N) is 2. The van der Waals surface area contributed by atoms with Gasteiger partial charge in [-0.25, -0.2) is 9.59 Å². The minimum Gasteiger partial charge on any atom is -0.462 e. The lowest BCUT2D eigenvalue weighted by Gasteiger charge is -2.11. The van der Waals surface area contributed by atoms with Crippen LogP contribution in [-0.4, -0.2) is 18.6 Å². The highest BCUT2D eigenvalue weighted by atomic mass is 35.5. The summed E-state index contributed by atoms with van der Waals surface area (Å²) < 4.78 is 4.95. The van der Waals surface area contributed by atoms with Crippen LogP contribution in [0.1, 0.15) is 17.3 Å². The lowest BCUT2D eigenvalue weighted by molar-refractivity contribution is 0.0527. The molecular weight excluding hydrogens is 339 g/mol. The molecule has 2 rings (SSSR count). The molecule has 0 saturated carbocycles. The van der Waals surface area contributed by atoms with Crippen LogP contribution < -0.4 is 10.6 Å². The van der Waals surface area contributed by atoms with E-state index in [1.165, 1.54) is 0 Å². The van der Waals surface area contributed by atoms with Crippen molar-refractivity contribution in [3.8, 4) is 0 Å². The summed E-state index contributed by atoms with van der Waals surface area (Å²) in [6, 6.07) is 10.7. The molecule has 5 nitrogen and oxygen atoms in total. The molecule has 2 N–H and O–H groups in total. The lowest BCUT2D eigenvalue weighted by Crippen LogP contribution is -2.21. The molecule has 0 aromatic heterocycles. The summed E-state index contributed by atoms with van der Waals surface area (Å²) in [6.07, 6.45) is 0. The second kappa shape index (κ2) is 7.85. The van der Waals surface area contributed by atoms with E-state index in [2.05, 4.69) is 10.6 Å². The number of anilines is 2. The second-order valence-electron chi connectivity index (χ2n) is 4.50. The van der Waals surface area contributed by atoms with Gasteiger partial charge in [-0.2, -0.15) is 0 Å². The molecule has 0 aliphatic rings. The fraction of sp³-hybridized carbons (Fsp3) is 0.125. The Kier molecular flexibility index (Phi) is 5.84. The molecule has 0 unspecified atom stereocenters. The number of ether oxygens (including phenoxy) is 1. The molecule has 0 heterocycles. The molecule has 0 spiro atoms. The molecule has 0 aliphatic carbocycles. The van der Waals surface area contributed by atoms with Crippen molar-refractivity contribution in [3.05, 3.63) is 58.1 Å². The van der Waals surface area contributed by atoms with Gasteiger partial charge in [0.05, 0.1) is 17.9 Å². The minimum absolute atomic E-state index is 0.250. The molecule has 120 valence electrons. The number of rotatable bonds is 4. The summed E-state index contributed by atoms with van der Waals surface area (Å²) in [5, 5.41) is 6.00. The van der Waals surface area contributed by atoms with Crippen LogP contribution in [0.15, 0.2) is 42.5 Å². The first-order valence-corrected chi connectivity index (χ1v) is 7.55. The van der Waals surface area contributed by atoms with Gasteiger partial charge in [0.15, 0.2) is 0 Å². The Morgan fingerprint density at radius 1 is 1.04 bits per heavy atom. The molecule has 0 saturated heterocycles. The molecule has 2 aromatic carbocycles. The van der Waals surface area contributed by atoms with Gasteiger partial charge in [0.1, 0.15) is 0 Å². The lowest BCUT2D eigenvalue weighted by atomic mass is 10.2. The summed E-state index contributed by atoms with van der Waals surface area (Å²) in [4.78, 5) is 23.9. The normalized spacial score (nSPS) is 10.0. The van der Waals surface area contributed by atoms with Crippen LogP contribution in [0.25, 0.3) is 0 Å². The predicted molar refractivity (Wildman–Crippen MR) is 91.5 cm³/mol. The Balaban J connectivity index is 2.13. The zero-order chi connectivity index (χ0) is 16.8. The number of amides is 2. The number of halogens is 2. The summed E-state index contributed by atoms with van der Waals surface area (Å²) >= 11 is 11.8. The van der Waals surface area contributed by atoms with E-state index in [1.54, 1.807) is 49.4 Å². The van der Waals surface area contributed by atoms with Crippen LogP contribution in [0.2, 0.25) is 10.0 Å². The largest absolute Gasteiger partial charge is 0.462 e. The number of hydrogen-bond donors (Lipinski definition) is 2. The molecule has 2 amide bonds. The van der Waals surface area contributed by atoms with Crippen molar-refractivity contribution in [2.45, 2.75) is 6.92 Å². The van der Waals surface area contributed by atoms with Crippen molar-refractivity contribution >= 4 is 46.6 Å². The second-order valence-corrected chi connectivity index (χ2v) is 5.38. The Morgan fingerprint density at radius 3 is 2.35 bits per heavy atom. The van der Waals surface area contributed by atoms with Crippen LogP contribution in [0, 0.1) is 0 Å². The van der Waals surface area contributed by atoms with Gasteiger partial charge < -0.3 is 15.4 Å². The molecule has 2 aromatic rings. The molecule has 0 fully saturated rings. The number of benzene rings is 2. The monoisotopic (exact) mass is 352 g/mol. The Bertz CT molecular complexity index is 715. The van der Waals surface area contributed by atoms with Crippen molar-refractivity contribution < 1.29 is 14.3 Å². The first-order chi connectivity index (χ1) is 11.0. The zero-order valence-corrected chi connectivity index (χ0v) is 13.7. The summed E-state index contributed by atoms with van der Waals surface area (Å²) in [5.74, 6) is -0.505. The van der Waals surface area contributed by atoms with Crippen molar-refractivity contribution in [3.63, 3.8) is 0 Å². The third-order valence-electron chi connectivity index (χ3n) is 2.79. The highest BCUT2D eigenvalue weighted by Gasteiger charge is 2.14. The average Bonchev–Trinajstić information content (AvgIpc) is 2.46. The summed E-state index contributed by atoms with van der Waals surface area (Å²) in [5.41, 5.74) is 1.05. The van der Waals surface area contributed by atoms with E-state index in [-0.39, 0.29) is 12.2 Å². The van der Waals surface area contributed by atoms with E-state index in [4.69, 9.17) is 27.9 Å². The van der Waals surface area contributed by atoms with Crippen molar-refractivity contribution in [2.24, 2.45) is 0 Å². The quantitative estimate of drug-likeness (QED) is 0.775. The van der Waals surface area contributed by atoms with Crippen molar-refractivity contribution in [1.82, 2.24) is 0 Å². The highest BCUT2D eigenvalue weighted by molar-refractivity contribution is 6.35. The SMILES string of the molecule is CCOC(=O)c1ccccc1NC(=O)Nc1cc(Cl)cc(Cl)c1. The van der Waals surface area contributed by atoms with E-state index < -0.39 is 12.0 Å². The molecule has 23 heavy (non-hydrogen) atoms.